The van der Waals surface area contributed by atoms with Crippen LogP contribution in [0, 0.1) is 5.41 Å². The molecule has 0 spiro atoms. The first-order valence-electron chi connectivity index (χ1n) is 6.65. The number of hydrogen-bond acceptors (Lipinski definition) is 2. The highest BCUT2D eigenvalue weighted by Crippen LogP contribution is 2.37. The van der Waals surface area contributed by atoms with Gasteiger partial charge in [-0.1, -0.05) is 48.7 Å². The van der Waals surface area contributed by atoms with Gasteiger partial charge in [0, 0.05) is 15.1 Å². The van der Waals surface area contributed by atoms with Crippen molar-refractivity contribution in [1.29, 1.82) is 0 Å². The van der Waals surface area contributed by atoms with Crippen molar-refractivity contribution in [2.24, 2.45) is 5.41 Å². The van der Waals surface area contributed by atoms with E-state index < -0.39 is 0 Å². The van der Waals surface area contributed by atoms with Gasteiger partial charge >= 0.3 is 0 Å². The summed E-state index contributed by atoms with van der Waals surface area (Å²) in [6, 6.07) is 8.57. The van der Waals surface area contributed by atoms with E-state index in [4.69, 9.17) is 0 Å². The van der Waals surface area contributed by atoms with E-state index in [0.29, 0.717) is 5.41 Å². The maximum Gasteiger partial charge on any atom is 0.0186 e. The Bertz CT molecular complexity index is 346. The molecule has 0 unspecified atom stereocenters. The monoisotopic (exact) mass is 346 g/mol. The molecule has 0 saturated heterocycles. The topological polar surface area (TPSA) is 0 Å². The Labute approximate surface area is 130 Å². The molecule has 0 aromatic heterocycles. The first-order chi connectivity index (χ1) is 8.65. The lowest BCUT2D eigenvalue weighted by Gasteiger charge is -2.31. The molecule has 1 rings (SSSR count). The van der Waals surface area contributed by atoms with Crippen LogP contribution < -0.4 is 0 Å². The molecular weight excluding hydrogens is 324 g/mol. The Morgan fingerprint density at radius 1 is 1.22 bits per heavy atom. The molecule has 0 amide bonds. The molecule has 0 N–H and O–H groups in total. The Morgan fingerprint density at radius 3 is 2.39 bits per heavy atom. The van der Waals surface area contributed by atoms with Crippen LogP contribution >= 0.6 is 40.3 Å². The molecular formula is C15H23BrS2. The molecule has 0 aliphatic heterocycles. The smallest absolute Gasteiger partial charge is 0.0186 e. The van der Waals surface area contributed by atoms with Gasteiger partial charge in [-0.05, 0) is 42.2 Å². The second-order valence-electron chi connectivity index (χ2n) is 4.90. The summed E-state index contributed by atoms with van der Waals surface area (Å²) in [5.41, 5.74) is 0.402. The van der Waals surface area contributed by atoms with Gasteiger partial charge in [-0.15, -0.1) is 11.8 Å². The molecule has 1 aromatic rings. The third-order valence-corrected chi connectivity index (χ3v) is 5.75. The zero-order chi connectivity index (χ0) is 13.4. The van der Waals surface area contributed by atoms with E-state index in [0.717, 1.165) is 10.2 Å². The average Bonchev–Trinajstić information content (AvgIpc) is 2.37. The number of thiol groups is 1. The van der Waals surface area contributed by atoms with Gasteiger partial charge in [-0.25, -0.2) is 0 Å². The number of halogens is 1. The van der Waals surface area contributed by atoms with Crippen LogP contribution in [0.2, 0.25) is 0 Å². The van der Waals surface area contributed by atoms with Crippen LogP contribution in [0.3, 0.4) is 0 Å². The molecule has 0 atom stereocenters. The van der Waals surface area contributed by atoms with Gasteiger partial charge in [-0.2, -0.15) is 12.6 Å². The van der Waals surface area contributed by atoms with Gasteiger partial charge in [0.05, 0.1) is 0 Å². The van der Waals surface area contributed by atoms with E-state index in [-0.39, 0.29) is 0 Å². The van der Waals surface area contributed by atoms with E-state index in [9.17, 15) is 0 Å². The standard InChI is InChI=1S/C15H23BrS2/c1-3-8-15(11-17,9-4-2)12-18-14-7-5-6-13(16)10-14/h5-7,10,17H,3-4,8-9,11-12H2,1-2H3. The van der Waals surface area contributed by atoms with E-state index in [1.54, 1.807) is 0 Å². The van der Waals surface area contributed by atoms with Crippen molar-refractivity contribution >= 4 is 40.3 Å². The summed E-state index contributed by atoms with van der Waals surface area (Å²) in [6.07, 6.45) is 5.07. The quantitative estimate of drug-likeness (QED) is 0.441. The summed E-state index contributed by atoms with van der Waals surface area (Å²) in [6.45, 7) is 4.55. The first-order valence-corrected chi connectivity index (χ1v) is 9.06. The van der Waals surface area contributed by atoms with Crippen LogP contribution in [-0.2, 0) is 0 Å². The average molecular weight is 347 g/mol. The van der Waals surface area contributed by atoms with Crippen molar-refractivity contribution < 1.29 is 0 Å². The molecule has 0 fully saturated rings. The van der Waals surface area contributed by atoms with E-state index in [1.165, 1.54) is 36.3 Å². The van der Waals surface area contributed by atoms with Gasteiger partial charge in [0.25, 0.3) is 0 Å². The van der Waals surface area contributed by atoms with Crippen molar-refractivity contribution in [2.45, 2.75) is 44.4 Å². The third kappa shape index (κ3) is 5.18. The lowest BCUT2D eigenvalue weighted by Crippen LogP contribution is -2.25. The van der Waals surface area contributed by atoms with Crippen molar-refractivity contribution in [3.63, 3.8) is 0 Å². The fourth-order valence-electron chi connectivity index (χ4n) is 2.33. The van der Waals surface area contributed by atoms with Gasteiger partial charge in [0.1, 0.15) is 0 Å². The molecule has 0 bridgehead atoms. The summed E-state index contributed by atoms with van der Waals surface area (Å²) in [5.74, 6) is 2.17. The van der Waals surface area contributed by atoms with Crippen LogP contribution in [0.1, 0.15) is 39.5 Å². The molecule has 3 heteroatoms. The molecule has 0 aliphatic carbocycles. The maximum absolute atomic E-state index is 4.61. The van der Waals surface area contributed by atoms with Crippen LogP contribution in [0.4, 0.5) is 0 Å². The van der Waals surface area contributed by atoms with Crippen LogP contribution in [0.15, 0.2) is 33.6 Å². The van der Waals surface area contributed by atoms with Crippen LogP contribution in [0.25, 0.3) is 0 Å². The Morgan fingerprint density at radius 2 is 1.89 bits per heavy atom. The molecule has 0 heterocycles. The number of thioether (sulfide) groups is 1. The predicted molar refractivity (Wildman–Crippen MR) is 91.0 cm³/mol. The molecule has 18 heavy (non-hydrogen) atoms. The highest BCUT2D eigenvalue weighted by molar-refractivity contribution is 9.10. The summed E-state index contributed by atoms with van der Waals surface area (Å²) >= 11 is 10.1. The van der Waals surface area contributed by atoms with Gasteiger partial charge < -0.3 is 0 Å². The minimum Gasteiger partial charge on any atom is -0.179 e. The fraction of sp³-hybridized carbons (Fsp3) is 0.600. The molecule has 0 saturated carbocycles. The summed E-state index contributed by atoms with van der Waals surface area (Å²) in [4.78, 5) is 1.35. The van der Waals surface area contributed by atoms with Gasteiger partial charge in [0.2, 0.25) is 0 Å². The highest BCUT2D eigenvalue weighted by Gasteiger charge is 2.26. The third-order valence-electron chi connectivity index (χ3n) is 3.24. The van der Waals surface area contributed by atoms with Crippen molar-refractivity contribution in [1.82, 2.24) is 0 Å². The Hall–Kier alpha value is 0.400. The number of rotatable bonds is 8. The minimum absolute atomic E-state index is 0.402. The SMILES string of the molecule is CCCC(CS)(CCC)CSc1cccc(Br)c1. The molecule has 0 aliphatic rings. The maximum atomic E-state index is 4.61. The van der Waals surface area contributed by atoms with Gasteiger partial charge in [0.15, 0.2) is 0 Å². The molecule has 102 valence electrons. The lowest BCUT2D eigenvalue weighted by molar-refractivity contribution is 0.318. The van der Waals surface area contributed by atoms with Crippen LogP contribution in [-0.4, -0.2) is 11.5 Å². The van der Waals surface area contributed by atoms with Crippen molar-refractivity contribution in [3.05, 3.63) is 28.7 Å². The van der Waals surface area contributed by atoms with E-state index in [2.05, 4.69) is 66.7 Å². The molecule has 0 radical (unpaired) electrons. The first kappa shape index (κ1) is 16.5. The number of benzene rings is 1. The predicted octanol–water partition coefficient (Wildman–Crippen LogP) is 6.06. The molecule has 0 nitrogen and oxygen atoms in total. The summed E-state index contributed by atoms with van der Waals surface area (Å²) in [7, 11) is 0. The second-order valence-corrected chi connectivity index (χ2v) is 7.18. The summed E-state index contributed by atoms with van der Waals surface area (Å²) < 4.78 is 1.16. The van der Waals surface area contributed by atoms with Crippen molar-refractivity contribution in [3.8, 4) is 0 Å². The fourth-order valence-corrected chi connectivity index (χ4v) is 4.71. The highest BCUT2D eigenvalue weighted by atomic mass is 79.9. The Kier molecular flexibility index (Phi) is 7.81. The summed E-state index contributed by atoms with van der Waals surface area (Å²) in [5, 5.41) is 0. The van der Waals surface area contributed by atoms with E-state index >= 15 is 0 Å². The zero-order valence-corrected chi connectivity index (χ0v) is 14.6. The van der Waals surface area contributed by atoms with Crippen molar-refractivity contribution in [2.75, 3.05) is 11.5 Å². The second kappa shape index (κ2) is 8.55. The van der Waals surface area contributed by atoms with Crippen LogP contribution in [0.5, 0.6) is 0 Å². The lowest BCUT2D eigenvalue weighted by atomic mass is 9.83. The normalized spacial score (nSPS) is 11.8. The number of hydrogen-bond donors (Lipinski definition) is 1. The Balaban J connectivity index is 2.66. The largest absolute Gasteiger partial charge is 0.179 e. The zero-order valence-electron chi connectivity index (χ0n) is 11.3. The molecule has 1 aromatic carbocycles. The minimum atomic E-state index is 0.402. The van der Waals surface area contributed by atoms with E-state index in [1.807, 2.05) is 11.8 Å². The van der Waals surface area contributed by atoms with Gasteiger partial charge in [-0.3, -0.25) is 0 Å².